The van der Waals surface area contributed by atoms with E-state index >= 15 is 0 Å². The second-order valence-corrected chi connectivity index (χ2v) is 9.38. The molecule has 2 amide bonds. The molecular weight excluding hydrogens is 458 g/mol. The first-order valence-electron chi connectivity index (χ1n) is 11.1. The van der Waals surface area contributed by atoms with Crippen molar-refractivity contribution in [1.82, 2.24) is 15.1 Å². The zero-order chi connectivity index (χ0) is 24.4. The molecule has 1 aromatic heterocycles. The fourth-order valence-electron chi connectivity index (χ4n) is 4.02. The minimum absolute atomic E-state index is 0.0288. The van der Waals surface area contributed by atoms with Crippen LogP contribution in [-0.2, 0) is 16.6 Å². The molecule has 0 radical (unpaired) electrons. The third-order valence-electron chi connectivity index (χ3n) is 5.86. The predicted octanol–water partition coefficient (Wildman–Crippen LogP) is 4.45. The van der Waals surface area contributed by atoms with Gasteiger partial charge in [-0.2, -0.15) is 5.10 Å². The molecule has 0 aliphatic carbocycles. The highest BCUT2D eigenvalue weighted by molar-refractivity contribution is 8.00. The summed E-state index contributed by atoms with van der Waals surface area (Å²) in [5.41, 5.74) is 2.26. The Kier molecular flexibility index (Phi) is 7.02. The van der Waals surface area contributed by atoms with Gasteiger partial charge in [0.15, 0.2) is 0 Å². The Hall–Kier alpha value is -3.20. The fourth-order valence-corrected chi connectivity index (χ4v) is 5.24. The Balaban J connectivity index is 1.88. The molecule has 6 nitrogen and oxygen atoms in total. The number of carbonyl (C=O) groups is 2. The Morgan fingerprint density at radius 3 is 2.65 bits per heavy atom. The van der Waals surface area contributed by atoms with E-state index in [1.54, 1.807) is 11.7 Å². The Morgan fingerprint density at radius 2 is 1.97 bits per heavy atom. The fraction of sp³-hybridized carbons (Fsp3) is 0.320. The van der Waals surface area contributed by atoms with Crippen LogP contribution in [0.1, 0.15) is 36.6 Å². The quantitative estimate of drug-likeness (QED) is 0.562. The number of benzene rings is 2. The van der Waals surface area contributed by atoms with E-state index in [1.807, 2.05) is 44.2 Å². The second-order valence-electron chi connectivity index (χ2n) is 8.29. The molecule has 9 heteroatoms. The molecule has 2 heterocycles. The average Bonchev–Trinajstić information content (AvgIpc) is 3.08. The molecular formula is C25H26F2N4O2S. The summed E-state index contributed by atoms with van der Waals surface area (Å²) in [5.74, 6) is -1.47. The molecule has 1 aliphatic rings. The number of aryl methyl sites for hydroxylation is 1. The van der Waals surface area contributed by atoms with Gasteiger partial charge in [-0.05, 0) is 19.4 Å². The van der Waals surface area contributed by atoms with Gasteiger partial charge < -0.3 is 5.32 Å². The molecule has 0 saturated carbocycles. The number of aromatic nitrogens is 2. The molecule has 1 N–H and O–H groups in total. The molecule has 178 valence electrons. The van der Waals surface area contributed by atoms with Crippen molar-refractivity contribution in [3.63, 3.8) is 0 Å². The van der Waals surface area contributed by atoms with Crippen molar-refractivity contribution in [2.24, 2.45) is 7.05 Å². The number of thioether (sulfide) groups is 1. The molecule has 34 heavy (non-hydrogen) atoms. The molecule has 0 bridgehead atoms. The first-order valence-corrected chi connectivity index (χ1v) is 12.1. The summed E-state index contributed by atoms with van der Waals surface area (Å²) in [6, 6.07) is 12.8. The highest BCUT2D eigenvalue weighted by Gasteiger charge is 2.37. The first-order chi connectivity index (χ1) is 16.3. The van der Waals surface area contributed by atoms with E-state index in [1.165, 1.54) is 28.8 Å². The van der Waals surface area contributed by atoms with Gasteiger partial charge in [0.25, 0.3) is 0 Å². The molecule has 0 unspecified atom stereocenters. The summed E-state index contributed by atoms with van der Waals surface area (Å²) in [6.45, 7) is 3.68. The minimum Gasteiger partial charge on any atom is -0.352 e. The molecule has 0 fully saturated rings. The topological polar surface area (TPSA) is 67.2 Å². The zero-order valence-electron chi connectivity index (χ0n) is 19.2. The van der Waals surface area contributed by atoms with Crippen LogP contribution in [-0.4, -0.2) is 39.9 Å². The normalized spacial score (nSPS) is 16.7. The maximum Gasteiger partial charge on any atom is 0.240 e. The van der Waals surface area contributed by atoms with E-state index < -0.39 is 16.9 Å². The standard InChI is InChI=1S/C25H26F2N4O2S/c1-4-15(2)28-20(32)13-31-21(33)14-34-24(18-11-10-17(26)12-19(18)27)22-23(29-30(3)25(22)31)16-8-6-5-7-9-16/h5-12,15,24H,4,13-14H2,1-3H3,(H,28,32)/t15-,24-/m1/s1. The lowest BCUT2D eigenvalue weighted by atomic mass is 9.99. The zero-order valence-corrected chi connectivity index (χ0v) is 20.0. The number of nitrogens with one attached hydrogen (secondary N) is 1. The van der Waals surface area contributed by atoms with Gasteiger partial charge in [0.2, 0.25) is 11.8 Å². The van der Waals surface area contributed by atoms with E-state index in [0.29, 0.717) is 17.1 Å². The van der Waals surface area contributed by atoms with E-state index in [-0.39, 0.29) is 35.7 Å². The number of rotatable bonds is 6. The van der Waals surface area contributed by atoms with E-state index in [0.717, 1.165) is 18.1 Å². The van der Waals surface area contributed by atoms with Crippen LogP contribution < -0.4 is 10.2 Å². The smallest absolute Gasteiger partial charge is 0.240 e. The third kappa shape index (κ3) is 4.70. The van der Waals surface area contributed by atoms with Crippen molar-refractivity contribution in [2.75, 3.05) is 17.2 Å². The third-order valence-corrected chi connectivity index (χ3v) is 7.10. The van der Waals surface area contributed by atoms with Gasteiger partial charge in [0.05, 0.1) is 16.7 Å². The number of hydrogen-bond donors (Lipinski definition) is 1. The van der Waals surface area contributed by atoms with E-state index in [4.69, 9.17) is 0 Å². The van der Waals surface area contributed by atoms with Crippen LogP contribution in [0.5, 0.6) is 0 Å². The lowest BCUT2D eigenvalue weighted by molar-refractivity contribution is -0.123. The monoisotopic (exact) mass is 484 g/mol. The van der Waals surface area contributed by atoms with Crippen LogP contribution in [0.25, 0.3) is 11.3 Å². The molecule has 3 aromatic rings. The summed E-state index contributed by atoms with van der Waals surface area (Å²) in [6.07, 6.45) is 0.760. The highest BCUT2D eigenvalue weighted by Crippen LogP contribution is 2.48. The Morgan fingerprint density at radius 1 is 1.24 bits per heavy atom. The van der Waals surface area contributed by atoms with Crippen molar-refractivity contribution in [2.45, 2.75) is 31.6 Å². The lowest BCUT2D eigenvalue weighted by Crippen LogP contribution is -2.44. The number of hydrogen-bond acceptors (Lipinski definition) is 4. The molecule has 4 rings (SSSR count). The van der Waals surface area contributed by atoms with Crippen molar-refractivity contribution < 1.29 is 18.4 Å². The summed E-state index contributed by atoms with van der Waals surface area (Å²) >= 11 is 1.24. The Labute approximate surface area is 201 Å². The predicted molar refractivity (Wildman–Crippen MR) is 130 cm³/mol. The number of carbonyl (C=O) groups excluding carboxylic acids is 2. The SMILES string of the molecule is CC[C@@H](C)NC(=O)CN1C(=O)CS[C@H](c2ccc(F)cc2F)c2c(-c3ccccc3)nn(C)c21. The van der Waals surface area contributed by atoms with Gasteiger partial charge in [-0.3, -0.25) is 19.2 Å². The van der Waals surface area contributed by atoms with E-state index in [2.05, 4.69) is 10.4 Å². The van der Waals surface area contributed by atoms with Crippen LogP contribution >= 0.6 is 11.8 Å². The summed E-state index contributed by atoms with van der Waals surface area (Å²) < 4.78 is 30.2. The number of amides is 2. The van der Waals surface area contributed by atoms with Crippen molar-refractivity contribution in [3.8, 4) is 11.3 Å². The lowest BCUT2D eigenvalue weighted by Gasteiger charge is -2.23. The van der Waals surface area contributed by atoms with Crippen molar-refractivity contribution >= 4 is 29.4 Å². The minimum atomic E-state index is -0.693. The van der Waals surface area contributed by atoms with Gasteiger partial charge in [-0.25, -0.2) is 8.78 Å². The van der Waals surface area contributed by atoms with Gasteiger partial charge in [0, 0.05) is 35.8 Å². The number of anilines is 1. The van der Waals surface area contributed by atoms with Crippen LogP contribution in [0.4, 0.5) is 14.6 Å². The molecule has 0 saturated heterocycles. The maximum absolute atomic E-state index is 14.9. The van der Waals surface area contributed by atoms with Crippen LogP contribution in [0.15, 0.2) is 48.5 Å². The summed E-state index contributed by atoms with van der Waals surface area (Å²) in [4.78, 5) is 27.4. The maximum atomic E-state index is 14.9. The molecule has 0 spiro atoms. The van der Waals surface area contributed by atoms with Crippen LogP contribution in [0.2, 0.25) is 0 Å². The van der Waals surface area contributed by atoms with Crippen LogP contribution in [0.3, 0.4) is 0 Å². The highest BCUT2D eigenvalue weighted by atomic mass is 32.2. The van der Waals surface area contributed by atoms with Gasteiger partial charge in [-0.1, -0.05) is 43.3 Å². The van der Waals surface area contributed by atoms with Gasteiger partial charge in [0.1, 0.15) is 24.0 Å². The Bertz CT molecular complexity index is 1220. The second kappa shape index (κ2) is 9.97. The number of halogens is 2. The largest absolute Gasteiger partial charge is 0.352 e. The molecule has 2 aromatic carbocycles. The average molecular weight is 485 g/mol. The van der Waals surface area contributed by atoms with Crippen LogP contribution in [0, 0.1) is 11.6 Å². The summed E-state index contributed by atoms with van der Waals surface area (Å²) in [7, 11) is 1.70. The van der Waals surface area contributed by atoms with Gasteiger partial charge in [-0.15, -0.1) is 11.8 Å². The molecule has 2 atom stereocenters. The first kappa shape index (κ1) is 23.9. The summed E-state index contributed by atoms with van der Waals surface area (Å²) in [5, 5.41) is 6.95. The van der Waals surface area contributed by atoms with Crippen molar-refractivity contribution in [3.05, 3.63) is 71.3 Å². The van der Waals surface area contributed by atoms with Gasteiger partial charge >= 0.3 is 0 Å². The van der Waals surface area contributed by atoms with Crippen molar-refractivity contribution in [1.29, 1.82) is 0 Å². The van der Waals surface area contributed by atoms with E-state index in [9.17, 15) is 18.4 Å². The number of nitrogens with zero attached hydrogens (tertiary/aromatic N) is 3. The number of fused-ring (bicyclic) bond motifs is 1. The molecule has 1 aliphatic heterocycles.